The van der Waals surface area contributed by atoms with Crippen LogP contribution in [0.15, 0.2) is 17.1 Å². The number of urea groups is 1. The number of hydrogen-bond acceptors (Lipinski definition) is 6. The lowest BCUT2D eigenvalue weighted by Gasteiger charge is -2.35. The number of hydrogen-bond donors (Lipinski definition) is 1. The fraction of sp³-hybridized carbons (Fsp3) is 0.667. The average Bonchev–Trinajstić information content (AvgIpc) is 3.40. The number of nitrogens with one attached hydrogen (secondary N) is 1. The van der Waals surface area contributed by atoms with Crippen LogP contribution in [0.25, 0.3) is 0 Å². The van der Waals surface area contributed by atoms with Gasteiger partial charge >= 0.3 is 12.2 Å². The molecule has 3 heterocycles. The maximum Gasteiger partial charge on any atom is 0.389 e. The van der Waals surface area contributed by atoms with Crippen LogP contribution in [0.2, 0.25) is 0 Å². The van der Waals surface area contributed by atoms with Crippen LogP contribution in [-0.4, -0.2) is 85.5 Å². The van der Waals surface area contributed by atoms with Crippen LogP contribution in [-0.2, 0) is 26.0 Å². The number of carbonyl (C=O) groups excluding carboxylic acids is 3. The van der Waals surface area contributed by atoms with Crippen LogP contribution in [0.3, 0.4) is 0 Å². The summed E-state index contributed by atoms with van der Waals surface area (Å²) in [5.74, 6) is -0.0325. The van der Waals surface area contributed by atoms with Crippen molar-refractivity contribution < 1.29 is 36.0 Å². The van der Waals surface area contributed by atoms with Crippen LogP contribution in [0.5, 0.6) is 0 Å². The number of amidine groups is 1. The summed E-state index contributed by atoms with van der Waals surface area (Å²) < 4.78 is 65.9. The third kappa shape index (κ3) is 6.65. The van der Waals surface area contributed by atoms with Crippen LogP contribution < -0.4 is 10.2 Å². The molecule has 3 aliphatic heterocycles. The number of benzene rings is 1. The highest BCUT2D eigenvalue weighted by molar-refractivity contribution is 7.89. The minimum absolute atomic E-state index is 0.00251. The van der Waals surface area contributed by atoms with Gasteiger partial charge in [0.1, 0.15) is 17.9 Å². The van der Waals surface area contributed by atoms with Gasteiger partial charge in [0, 0.05) is 32.5 Å². The molecule has 1 spiro atoms. The Labute approximate surface area is 256 Å². The Morgan fingerprint density at radius 3 is 2.18 bits per heavy atom. The number of aryl methyl sites for hydroxylation is 2. The quantitative estimate of drug-likeness (QED) is 0.430. The number of aliphatic imine (C=N–C) groups is 1. The Morgan fingerprint density at radius 1 is 1.02 bits per heavy atom. The minimum atomic E-state index is -4.14. The first-order valence-electron chi connectivity index (χ1n) is 15.2. The number of likely N-dealkylation sites (N-methyl/N-ethyl adjacent to an activating group) is 1. The van der Waals surface area contributed by atoms with Crippen molar-refractivity contribution in [1.82, 2.24) is 14.5 Å². The van der Waals surface area contributed by atoms with Gasteiger partial charge in [-0.1, -0.05) is 0 Å². The number of carbonyl (C=O) groups is 3. The molecular formula is C30H40F3N5O5S. The van der Waals surface area contributed by atoms with E-state index in [1.54, 1.807) is 19.2 Å². The van der Waals surface area contributed by atoms with Gasteiger partial charge < -0.3 is 10.2 Å². The molecule has 242 valence electrons. The Morgan fingerprint density at radius 2 is 1.64 bits per heavy atom. The zero-order valence-electron chi connectivity index (χ0n) is 25.4. The predicted molar refractivity (Wildman–Crippen MR) is 159 cm³/mol. The van der Waals surface area contributed by atoms with Crippen molar-refractivity contribution >= 4 is 39.4 Å². The molecule has 14 heteroatoms. The van der Waals surface area contributed by atoms with Crippen molar-refractivity contribution in [3.05, 3.63) is 28.8 Å². The summed E-state index contributed by atoms with van der Waals surface area (Å²) >= 11 is 0. The van der Waals surface area contributed by atoms with Gasteiger partial charge in [0.05, 0.1) is 11.4 Å². The predicted octanol–water partition coefficient (Wildman–Crippen LogP) is 4.09. The fourth-order valence-electron chi connectivity index (χ4n) is 7.03. The molecule has 0 atom stereocenters. The molecule has 4 aliphatic rings. The van der Waals surface area contributed by atoms with Gasteiger partial charge in [-0.05, 0) is 100.0 Å². The highest BCUT2D eigenvalue weighted by Crippen LogP contribution is 2.38. The molecule has 5 rings (SSSR count). The van der Waals surface area contributed by atoms with E-state index in [2.05, 4.69) is 5.32 Å². The maximum atomic E-state index is 13.3. The van der Waals surface area contributed by atoms with Crippen molar-refractivity contribution in [3.8, 4) is 0 Å². The lowest BCUT2D eigenvalue weighted by atomic mass is 9.79. The molecular weight excluding hydrogens is 599 g/mol. The van der Waals surface area contributed by atoms with Crippen LogP contribution in [0.4, 0.5) is 23.7 Å². The molecule has 1 saturated carbocycles. The first kappa shape index (κ1) is 32.4. The molecule has 0 bridgehead atoms. The molecule has 2 saturated heterocycles. The largest absolute Gasteiger partial charge is 0.389 e. The number of imide groups is 1. The third-order valence-corrected chi connectivity index (χ3v) is 11.6. The Kier molecular flexibility index (Phi) is 8.89. The van der Waals surface area contributed by atoms with Gasteiger partial charge in [-0.15, -0.1) is 0 Å². The summed E-state index contributed by atoms with van der Waals surface area (Å²) in [5.41, 5.74) is 1.90. The monoisotopic (exact) mass is 639 g/mol. The average molecular weight is 640 g/mol. The Bertz CT molecular complexity index is 1440. The molecule has 1 aromatic carbocycles. The van der Waals surface area contributed by atoms with Crippen LogP contribution >= 0.6 is 0 Å². The Hall–Kier alpha value is -3.00. The molecule has 0 aromatic heterocycles. The normalized spacial score (nSPS) is 24.8. The van der Waals surface area contributed by atoms with E-state index in [1.165, 1.54) is 9.21 Å². The van der Waals surface area contributed by atoms with Gasteiger partial charge in [0.2, 0.25) is 10.0 Å². The summed E-state index contributed by atoms with van der Waals surface area (Å²) in [6.07, 6.45) is -1.29. The van der Waals surface area contributed by atoms with Gasteiger partial charge in [-0.2, -0.15) is 13.2 Å². The van der Waals surface area contributed by atoms with Crippen molar-refractivity contribution in [2.45, 2.75) is 83.4 Å². The molecule has 0 unspecified atom stereocenters. The van der Waals surface area contributed by atoms with Gasteiger partial charge in [0.25, 0.3) is 11.8 Å². The van der Waals surface area contributed by atoms with E-state index < -0.39 is 34.2 Å². The summed E-state index contributed by atoms with van der Waals surface area (Å²) in [6, 6.07) is 3.07. The lowest BCUT2D eigenvalue weighted by Crippen LogP contribution is -2.51. The number of piperidine rings is 1. The van der Waals surface area contributed by atoms with E-state index in [9.17, 15) is 36.0 Å². The number of nitrogens with zero attached hydrogens (tertiary/aromatic N) is 4. The van der Waals surface area contributed by atoms with E-state index in [1.807, 2.05) is 13.8 Å². The number of anilines is 1. The second-order valence-corrected chi connectivity index (χ2v) is 14.8. The third-order valence-electron chi connectivity index (χ3n) is 9.70. The number of alkyl halides is 3. The molecule has 1 aromatic rings. The zero-order chi connectivity index (χ0) is 32.0. The van der Waals surface area contributed by atoms with E-state index in [0.717, 1.165) is 21.6 Å². The molecule has 0 radical (unpaired) electrons. The highest BCUT2D eigenvalue weighted by Gasteiger charge is 2.48. The van der Waals surface area contributed by atoms with Crippen molar-refractivity contribution in [2.24, 2.45) is 16.8 Å². The smallest absolute Gasteiger partial charge is 0.318 e. The minimum Gasteiger partial charge on any atom is -0.318 e. The lowest BCUT2D eigenvalue weighted by molar-refractivity contribution is -0.138. The Balaban J connectivity index is 1.16. The van der Waals surface area contributed by atoms with E-state index >= 15 is 0 Å². The van der Waals surface area contributed by atoms with E-state index in [4.69, 9.17) is 4.99 Å². The molecule has 3 fully saturated rings. The van der Waals surface area contributed by atoms with E-state index in [-0.39, 0.29) is 74.7 Å². The molecule has 1 N–H and O–H groups in total. The number of rotatable bonds is 8. The van der Waals surface area contributed by atoms with Crippen LogP contribution in [0.1, 0.15) is 68.1 Å². The first-order valence-corrected chi connectivity index (χ1v) is 16.8. The summed E-state index contributed by atoms with van der Waals surface area (Å²) in [5, 5.41) is 2.92. The number of halogens is 3. The van der Waals surface area contributed by atoms with Gasteiger partial charge in [-0.3, -0.25) is 14.6 Å². The highest BCUT2D eigenvalue weighted by atomic mass is 32.2. The molecule has 4 amide bonds. The maximum absolute atomic E-state index is 13.3. The van der Waals surface area contributed by atoms with Gasteiger partial charge in [-0.25, -0.2) is 22.4 Å². The summed E-state index contributed by atoms with van der Waals surface area (Å²) in [4.78, 5) is 45.0. The number of amides is 4. The van der Waals surface area contributed by atoms with Crippen molar-refractivity contribution in [1.29, 1.82) is 0 Å². The SMILES string of the molecule is Cc1cc(N2C(=O)CN(C)C2=O)cc(C)c1CCS(=O)(=O)N1CCC2(CC1)N=C(C1CCC(CCC(F)(F)F)CC1)NC2=O. The molecule has 10 nitrogen and oxygen atoms in total. The standard InChI is InChI=1S/C30H40F3N5O5S/c1-19-16-23(38-25(39)18-36(3)28(38)41)17-20(2)24(19)9-15-44(42,43)37-13-11-29(12-14-37)27(40)34-26(35-29)22-6-4-21(5-7-22)8-10-30(31,32)33/h16-17,21-22H,4-15,18H2,1-3H3,(H,34,35,40). The zero-order valence-corrected chi connectivity index (χ0v) is 26.2. The van der Waals surface area contributed by atoms with Gasteiger partial charge in [0.15, 0.2) is 0 Å². The molecule has 1 aliphatic carbocycles. The van der Waals surface area contributed by atoms with Crippen molar-refractivity contribution in [2.75, 3.05) is 37.3 Å². The fourth-order valence-corrected chi connectivity index (χ4v) is 8.49. The van der Waals surface area contributed by atoms with Crippen molar-refractivity contribution in [3.63, 3.8) is 0 Å². The van der Waals surface area contributed by atoms with E-state index in [0.29, 0.717) is 37.2 Å². The summed E-state index contributed by atoms with van der Waals surface area (Å²) in [7, 11) is -2.08. The topological polar surface area (TPSA) is 119 Å². The van der Waals surface area contributed by atoms with Crippen LogP contribution in [0, 0.1) is 25.7 Å². The summed E-state index contributed by atoms with van der Waals surface area (Å²) in [6.45, 7) is 4.01. The first-order chi connectivity index (χ1) is 20.6. The number of sulfonamides is 1. The second-order valence-electron chi connectivity index (χ2n) is 12.7. The second kappa shape index (κ2) is 12.1. The molecule has 44 heavy (non-hydrogen) atoms.